The van der Waals surface area contributed by atoms with Crippen molar-refractivity contribution in [3.8, 4) is 0 Å². The van der Waals surface area contributed by atoms with Gasteiger partial charge in [0.05, 0.1) is 6.04 Å². The number of carbonyl (C=O) groups is 2. The molecule has 1 atom stereocenters. The van der Waals surface area contributed by atoms with Crippen LogP contribution in [-0.2, 0) is 11.2 Å². The Bertz CT molecular complexity index is 550. The van der Waals surface area contributed by atoms with Crippen molar-refractivity contribution in [1.29, 1.82) is 0 Å². The summed E-state index contributed by atoms with van der Waals surface area (Å²) in [4.78, 5) is 27.3. The summed E-state index contributed by atoms with van der Waals surface area (Å²) in [5.41, 5.74) is 3.18. The second kappa shape index (κ2) is 5.85. The highest BCUT2D eigenvalue weighted by atomic mass is 16.1. The number of hydrogen-bond donors (Lipinski definition) is 1. The number of piperazine rings is 1. The SMILES string of the molecule is CC(C(=O)c1ccc2c(c1)CCN2)N1CCN(C=O)CC1. The fourth-order valence-electron chi connectivity index (χ4n) is 3.10. The summed E-state index contributed by atoms with van der Waals surface area (Å²) in [7, 11) is 0. The molecule has 2 aliphatic heterocycles. The van der Waals surface area contributed by atoms with Gasteiger partial charge < -0.3 is 10.2 Å². The Morgan fingerprint density at radius 2 is 2.05 bits per heavy atom. The van der Waals surface area contributed by atoms with E-state index in [2.05, 4.69) is 10.2 Å². The summed E-state index contributed by atoms with van der Waals surface area (Å²) in [6, 6.07) is 5.81. The Hall–Kier alpha value is -1.88. The van der Waals surface area contributed by atoms with Crippen molar-refractivity contribution < 1.29 is 9.59 Å². The average molecular weight is 287 g/mol. The van der Waals surface area contributed by atoms with Gasteiger partial charge in [-0.15, -0.1) is 0 Å². The van der Waals surface area contributed by atoms with E-state index < -0.39 is 0 Å². The van der Waals surface area contributed by atoms with Crippen LogP contribution in [0.2, 0.25) is 0 Å². The van der Waals surface area contributed by atoms with Gasteiger partial charge in [0, 0.05) is 44.0 Å². The standard InChI is InChI=1S/C16H21N3O2/c1-12(19-8-6-18(11-20)7-9-19)16(21)14-2-3-15-13(10-14)4-5-17-15/h2-3,10-12,17H,4-9H2,1H3. The third-order valence-corrected chi connectivity index (χ3v) is 4.52. The number of rotatable bonds is 4. The number of benzene rings is 1. The van der Waals surface area contributed by atoms with Crippen LogP contribution in [0.1, 0.15) is 22.8 Å². The molecule has 2 heterocycles. The van der Waals surface area contributed by atoms with Gasteiger partial charge in [-0.1, -0.05) is 0 Å². The number of anilines is 1. The highest BCUT2D eigenvalue weighted by Gasteiger charge is 2.26. The maximum Gasteiger partial charge on any atom is 0.209 e. The van der Waals surface area contributed by atoms with E-state index in [0.717, 1.165) is 43.7 Å². The molecule has 21 heavy (non-hydrogen) atoms. The van der Waals surface area contributed by atoms with Crippen molar-refractivity contribution >= 4 is 17.9 Å². The highest BCUT2D eigenvalue weighted by Crippen LogP contribution is 2.24. The molecule has 5 heteroatoms. The Labute approximate surface area is 124 Å². The summed E-state index contributed by atoms with van der Waals surface area (Å²) < 4.78 is 0. The van der Waals surface area contributed by atoms with Gasteiger partial charge in [0.2, 0.25) is 6.41 Å². The maximum atomic E-state index is 12.6. The molecule has 0 spiro atoms. The van der Waals surface area contributed by atoms with Gasteiger partial charge in [0.25, 0.3) is 0 Å². The van der Waals surface area contributed by atoms with Crippen molar-refractivity contribution in [3.05, 3.63) is 29.3 Å². The maximum absolute atomic E-state index is 12.6. The fraction of sp³-hybridized carbons (Fsp3) is 0.500. The van der Waals surface area contributed by atoms with Crippen LogP contribution in [0.15, 0.2) is 18.2 Å². The minimum atomic E-state index is -0.133. The lowest BCUT2D eigenvalue weighted by Crippen LogP contribution is -2.51. The minimum Gasteiger partial charge on any atom is -0.384 e. The number of carbonyl (C=O) groups excluding carboxylic acids is 2. The zero-order valence-corrected chi connectivity index (χ0v) is 12.3. The predicted molar refractivity (Wildman–Crippen MR) is 81.6 cm³/mol. The largest absolute Gasteiger partial charge is 0.384 e. The quantitative estimate of drug-likeness (QED) is 0.663. The topological polar surface area (TPSA) is 52.7 Å². The minimum absolute atomic E-state index is 0.133. The van der Waals surface area contributed by atoms with Gasteiger partial charge >= 0.3 is 0 Å². The van der Waals surface area contributed by atoms with Crippen molar-refractivity contribution in [1.82, 2.24) is 9.80 Å². The van der Waals surface area contributed by atoms with Gasteiger partial charge in [0.1, 0.15) is 0 Å². The van der Waals surface area contributed by atoms with Gasteiger partial charge in [-0.05, 0) is 37.1 Å². The lowest BCUT2D eigenvalue weighted by Gasteiger charge is -2.35. The molecule has 1 N–H and O–H groups in total. The van der Waals surface area contributed by atoms with Crippen molar-refractivity contribution in [2.24, 2.45) is 0 Å². The smallest absolute Gasteiger partial charge is 0.209 e. The van der Waals surface area contributed by atoms with Crippen LogP contribution in [0.5, 0.6) is 0 Å². The first kappa shape index (κ1) is 14.1. The summed E-state index contributed by atoms with van der Waals surface area (Å²) in [5.74, 6) is 0.171. The number of hydrogen-bond acceptors (Lipinski definition) is 4. The lowest BCUT2D eigenvalue weighted by atomic mass is 10.0. The molecular formula is C16H21N3O2. The van der Waals surface area contributed by atoms with Crippen LogP contribution >= 0.6 is 0 Å². The van der Waals surface area contributed by atoms with Crippen LogP contribution in [-0.4, -0.2) is 60.8 Å². The van der Waals surface area contributed by atoms with Gasteiger partial charge in [-0.2, -0.15) is 0 Å². The molecule has 5 nitrogen and oxygen atoms in total. The Kier molecular flexibility index (Phi) is 3.92. The summed E-state index contributed by atoms with van der Waals surface area (Å²) in [6.45, 7) is 5.85. The zero-order valence-electron chi connectivity index (χ0n) is 12.3. The molecule has 1 fully saturated rings. The van der Waals surface area contributed by atoms with E-state index in [4.69, 9.17) is 0 Å². The number of fused-ring (bicyclic) bond motifs is 1. The first-order chi connectivity index (χ1) is 10.2. The molecule has 1 saturated heterocycles. The third kappa shape index (κ3) is 2.78. The van der Waals surface area contributed by atoms with Crippen molar-refractivity contribution in [3.63, 3.8) is 0 Å². The van der Waals surface area contributed by atoms with E-state index in [1.54, 1.807) is 4.90 Å². The molecule has 0 aliphatic carbocycles. The molecule has 1 unspecified atom stereocenters. The molecule has 0 aromatic heterocycles. The molecular weight excluding hydrogens is 266 g/mol. The van der Waals surface area contributed by atoms with Crippen molar-refractivity contribution in [2.75, 3.05) is 38.0 Å². The monoisotopic (exact) mass is 287 g/mol. The summed E-state index contributed by atoms with van der Waals surface area (Å²) in [5, 5.41) is 3.31. The highest BCUT2D eigenvalue weighted by molar-refractivity contribution is 6.00. The third-order valence-electron chi connectivity index (χ3n) is 4.52. The van der Waals surface area contributed by atoms with Crippen LogP contribution in [0.25, 0.3) is 0 Å². The van der Waals surface area contributed by atoms with E-state index in [0.29, 0.717) is 13.1 Å². The lowest BCUT2D eigenvalue weighted by molar-refractivity contribution is -0.119. The molecule has 1 aromatic carbocycles. The van der Waals surface area contributed by atoms with Crippen molar-refractivity contribution in [2.45, 2.75) is 19.4 Å². The Morgan fingerprint density at radius 3 is 2.76 bits per heavy atom. The van der Waals surface area contributed by atoms with Crippen LogP contribution in [0.3, 0.4) is 0 Å². The van der Waals surface area contributed by atoms with E-state index in [1.807, 2.05) is 25.1 Å². The molecule has 3 rings (SSSR count). The molecule has 0 radical (unpaired) electrons. The number of Topliss-reactive ketones (excluding diaryl/α,β-unsaturated/α-hetero) is 1. The van der Waals surface area contributed by atoms with Crippen LogP contribution in [0.4, 0.5) is 5.69 Å². The van der Waals surface area contributed by atoms with E-state index in [1.165, 1.54) is 5.56 Å². The number of nitrogens with one attached hydrogen (secondary N) is 1. The summed E-state index contributed by atoms with van der Waals surface area (Å²) >= 11 is 0. The van der Waals surface area contributed by atoms with Gasteiger partial charge in [0.15, 0.2) is 5.78 Å². The summed E-state index contributed by atoms with van der Waals surface area (Å²) in [6.07, 6.45) is 1.88. The number of nitrogens with zero attached hydrogens (tertiary/aromatic N) is 2. The number of ketones is 1. The second-order valence-corrected chi connectivity index (χ2v) is 5.77. The van der Waals surface area contributed by atoms with Gasteiger partial charge in [-0.25, -0.2) is 0 Å². The first-order valence-corrected chi connectivity index (χ1v) is 7.53. The Morgan fingerprint density at radius 1 is 1.29 bits per heavy atom. The van der Waals surface area contributed by atoms with Gasteiger partial charge in [-0.3, -0.25) is 14.5 Å². The van der Waals surface area contributed by atoms with E-state index >= 15 is 0 Å². The van der Waals surface area contributed by atoms with Crippen LogP contribution in [0, 0.1) is 0 Å². The molecule has 112 valence electrons. The second-order valence-electron chi connectivity index (χ2n) is 5.77. The molecule has 1 aromatic rings. The van der Waals surface area contributed by atoms with E-state index in [-0.39, 0.29) is 11.8 Å². The number of amides is 1. The molecule has 1 amide bonds. The zero-order chi connectivity index (χ0) is 14.8. The molecule has 2 aliphatic rings. The normalized spacial score (nSPS) is 19.8. The molecule has 0 bridgehead atoms. The first-order valence-electron chi connectivity index (χ1n) is 7.53. The fourth-order valence-corrected chi connectivity index (χ4v) is 3.10. The molecule has 0 saturated carbocycles. The average Bonchev–Trinajstić information content (AvgIpc) is 3.01. The van der Waals surface area contributed by atoms with Crippen LogP contribution < -0.4 is 5.32 Å². The van der Waals surface area contributed by atoms with E-state index in [9.17, 15) is 9.59 Å². The Balaban J connectivity index is 1.68. The predicted octanol–water partition coefficient (Wildman–Crippen LogP) is 1.000.